The summed E-state index contributed by atoms with van der Waals surface area (Å²) in [6, 6.07) is 9.46. The lowest BCUT2D eigenvalue weighted by Crippen LogP contribution is -2.27. The molecule has 0 unspecified atom stereocenters. The molecule has 2 aromatic carbocycles. The normalized spacial score (nSPS) is 10.2. The second kappa shape index (κ2) is 5.88. The summed E-state index contributed by atoms with van der Waals surface area (Å²) in [5, 5.41) is 10.9. The summed E-state index contributed by atoms with van der Waals surface area (Å²) in [6.07, 6.45) is 0. The highest BCUT2D eigenvalue weighted by atomic mass is 35.5. The van der Waals surface area contributed by atoms with Crippen LogP contribution >= 0.6 is 11.6 Å². The van der Waals surface area contributed by atoms with Crippen molar-refractivity contribution in [1.82, 2.24) is 0 Å². The second-order valence-corrected chi connectivity index (χ2v) is 4.64. The van der Waals surface area contributed by atoms with Crippen molar-refractivity contribution in [3.63, 3.8) is 0 Å². The number of nitro groups is 1. The topological polar surface area (TPSA) is 63.5 Å². The minimum Gasteiger partial charge on any atom is -0.311 e. The van der Waals surface area contributed by atoms with E-state index in [4.69, 9.17) is 11.6 Å². The van der Waals surface area contributed by atoms with E-state index in [9.17, 15) is 19.3 Å². The maximum absolute atomic E-state index is 13.2. The number of para-hydroxylation sites is 1. The Kier molecular flexibility index (Phi) is 4.18. The van der Waals surface area contributed by atoms with Crippen LogP contribution in [0.25, 0.3) is 0 Å². The van der Waals surface area contributed by atoms with Crippen molar-refractivity contribution in [3.8, 4) is 0 Å². The third-order valence-corrected chi connectivity index (χ3v) is 3.20. The summed E-state index contributed by atoms with van der Waals surface area (Å²) in [5.74, 6) is -1.15. The van der Waals surface area contributed by atoms with Gasteiger partial charge in [-0.25, -0.2) is 4.39 Å². The number of nitro benzene ring substituents is 1. The molecule has 0 aliphatic rings. The van der Waals surface area contributed by atoms with Gasteiger partial charge >= 0.3 is 5.69 Å². The largest absolute Gasteiger partial charge is 0.311 e. The highest BCUT2D eigenvalue weighted by molar-refractivity contribution is 6.33. The highest BCUT2D eigenvalue weighted by Gasteiger charge is 2.26. The SMILES string of the molecule is CN(C(=O)c1cccc(Cl)c1[N+](=O)[O-])c1cccc(F)c1. The molecule has 0 saturated heterocycles. The fourth-order valence-corrected chi connectivity index (χ4v) is 2.10. The Morgan fingerprint density at radius 1 is 1.29 bits per heavy atom. The molecule has 0 saturated carbocycles. The van der Waals surface area contributed by atoms with Gasteiger partial charge in [0, 0.05) is 12.7 Å². The Morgan fingerprint density at radius 3 is 2.57 bits per heavy atom. The quantitative estimate of drug-likeness (QED) is 0.642. The number of halogens is 2. The molecule has 0 fully saturated rings. The summed E-state index contributed by atoms with van der Waals surface area (Å²) in [7, 11) is 1.40. The number of carbonyl (C=O) groups excluding carboxylic acids is 1. The third-order valence-electron chi connectivity index (χ3n) is 2.90. The second-order valence-electron chi connectivity index (χ2n) is 4.24. The number of anilines is 1. The lowest BCUT2D eigenvalue weighted by atomic mass is 10.1. The van der Waals surface area contributed by atoms with Crippen molar-refractivity contribution in [2.24, 2.45) is 0 Å². The van der Waals surface area contributed by atoms with E-state index in [-0.39, 0.29) is 16.3 Å². The molecular formula is C14H10ClFN2O3. The van der Waals surface area contributed by atoms with Crippen LogP contribution in [0.4, 0.5) is 15.8 Å². The van der Waals surface area contributed by atoms with Gasteiger partial charge in [-0.3, -0.25) is 14.9 Å². The fourth-order valence-electron chi connectivity index (χ4n) is 1.86. The molecule has 0 spiro atoms. The Bertz CT molecular complexity index is 721. The minimum atomic E-state index is -0.713. The first-order valence-corrected chi connectivity index (χ1v) is 6.26. The Morgan fingerprint density at radius 2 is 1.95 bits per heavy atom. The zero-order valence-electron chi connectivity index (χ0n) is 10.9. The first-order chi connectivity index (χ1) is 9.91. The highest BCUT2D eigenvalue weighted by Crippen LogP contribution is 2.30. The molecule has 108 valence electrons. The van der Waals surface area contributed by atoms with Crippen LogP contribution in [-0.2, 0) is 0 Å². The molecule has 2 aromatic rings. The molecule has 1 amide bonds. The van der Waals surface area contributed by atoms with Gasteiger partial charge in [0.2, 0.25) is 0 Å². The van der Waals surface area contributed by atoms with Crippen molar-refractivity contribution in [1.29, 1.82) is 0 Å². The monoisotopic (exact) mass is 308 g/mol. The van der Waals surface area contributed by atoms with E-state index in [0.717, 1.165) is 11.0 Å². The molecule has 5 nitrogen and oxygen atoms in total. The summed E-state index contributed by atoms with van der Waals surface area (Å²) >= 11 is 5.77. The van der Waals surface area contributed by atoms with E-state index in [1.165, 1.54) is 43.4 Å². The summed E-state index contributed by atoms with van der Waals surface area (Å²) < 4.78 is 13.2. The maximum Gasteiger partial charge on any atom is 0.300 e. The van der Waals surface area contributed by atoms with E-state index in [1.54, 1.807) is 0 Å². The van der Waals surface area contributed by atoms with Gasteiger partial charge in [-0.15, -0.1) is 0 Å². The lowest BCUT2D eigenvalue weighted by Gasteiger charge is -2.17. The summed E-state index contributed by atoms with van der Waals surface area (Å²) in [5.41, 5.74) is -0.332. The van der Waals surface area contributed by atoms with Gasteiger partial charge < -0.3 is 4.90 Å². The Labute approximate surface area is 124 Å². The summed E-state index contributed by atoms with van der Waals surface area (Å²) in [4.78, 5) is 23.8. The van der Waals surface area contributed by atoms with Crippen LogP contribution in [-0.4, -0.2) is 17.9 Å². The first-order valence-electron chi connectivity index (χ1n) is 5.88. The average Bonchev–Trinajstić information content (AvgIpc) is 2.45. The Balaban J connectivity index is 2.45. The molecule has 0 atom stereocenters. The van der Waals surface area contributed by atoms with Crippen LogP contribution < -0.4 is 4.90 Å². The van der Waals surface area contributed by atoms with Crippen molar-refractivity contribution < 1.29 is 14.1 Å². The van der Waals surface area contributed by atoms with E-state index in [1.807, 2.05) is 0 Å². The molecule has 2 rings (SSSR count). The van der Waals surface area contributed by atoms with Crippen molar-refractivity contribution in [2.75, 3.05) is 11.9 Å². The van der Waals surface area contributed by atoms with Gasteiger partial charge in [0.05, 0.1) is 4.92 Å². The molecule has 7 heteroatoms. The fraction of sp³-hybridized carbons (Fsp3) is 0.0714. The average molecular weight is 309 g/mol. The van der Waals surface area contributed by atoms with Crippen molar-refractivity contribution in [2.45, 2.75) is 0 Å². The predicted octanol–water partition coefficient (Wildman–Crippen LogP) is 3.66. The molecular weight excluding hydrogens is 299 g/mol. The van der Waals surface area contributed by atoms with E-state index in [2.05, 4.69) is 0 Å². The van der Waals surface area contributed by atoms with Crippen LogP contribution in [0.15, 0.2) is 42.5 Å². The van der Waals surface area contributed by atoms with Gasteiger partial charge in [-0.2, -0.15) is 0 Å². The third kappa shape index (κ3) is 3.00. The van der Waals surface area contributed by atoms with Gasteiger partial charge in [0.1, 0.15) is 16.4 Å². The minimum absolute atomic E-state index is 0.126. The van der Waals surface area contributed by atoms with Gasteiger partial charge in [-0.1, -0.05) is 23.7 Å². The number of rotatable bonds is 3. The van der Waals surface area contributed by atoms with Crippen molar-refractivity contribution >= 4 is 28.9 Å². The molecule has 0 aliphatic carbocycles. The van der Waals surface area contributed by atoms with Crippen LogP contribution in [0.1, 0.15) is 10.4 Å². The Hall–Kier alpha value is -2.47. The number of carbonyl (C=O) groups is 1. The van der Waals surface area contributed by atoms with E-state index in [0.29, 0.717) is 0 Å². The van der Waals surface area contributed by atoms with Crippen LogP contribution in [0, 0.1) is 15.9 Å². The standard InChI is InChI=1S/C14H10ClFN2O3/c1-17(10-5-2-4-9(16)8-10)14(19)11-6-3-7-12(15)13(11)18(20)21/h2-8H,1H3. The van der Waals surface area contributed by atoms with Gasteiger partial charge in [0.15, 0.2) is 0 Å². The van der Waals surface area contributed by atoms with Gasteiger partial charge in [0.25, 0.3) is 5.91 Å². The van der Waals surface area contributed by atoms with E-state index >= 15 is 0 Å². The molecule has 0 heterocycles. The van der Waals surface area contributed by atoms with E-state index < -0.39 is 22.3 Å². The van der Waals surface area contributed by atoms with Crippen LogP contribution in [0.2, 0.25) is 5.02 Å². The lowest BCUT2D eigenvalue weighted by molar-refractivity contribution is -0.385. The number of hydrogen-bond donors (Lipinski definition) is 0. The summed E-state index contributed by atoms with van der Waals surface area (Å²) in [6.45, 7) is 0. The molecule has 0 radical (unpaired) electrons. The first kappa shape index (κ1) is 14.9. The molecule has 0 N–H and O–H groups in total. The molecule has 0 aromatic heterocycles. The van der Waals surface area contributed by atoms with Crippen LogP contribution in [0.3, 0.4) is 0 Å². The number of amides is 1. The van der Waals surface area contributed by atoms with Gasteiger partial charge in [-0.05, 0) is 30.3 Å². The molecule has 0 aliphatic heterocycles. The number of benzene rings is 2. The maximum atomic E-state index is 13.2. The zero-order chi connectivity index (χ0) is 15.6. The van der Waals surface area contributed by atoms with Crippen molar-refractivity contribution in [3.05, 3.63) is 69.0 Å². The number of nitrogens with zero attached hydrogens (tertiary/aromatic N) is 2. The van der Waals surface area contributed by atoms with Crippen LogP contribution in [0.5, 0.6) is 0 Å². The molecule has 21 heavy (non-hydrogen) atoms. The zero-order valence-corrected chi connectivity index (χ0v) is 11.7. The number of hydrogen-bond acceptors (Lipinski definition) is 3. The molecule has 0 bridgehead atoms. The predicted molar refractivity (Wildman–Crippen MR) is 77.2 cm³/mol. The smallest absolute Gasteiger partial charge is 0.300 e.